The summed E-state index contributed by atoms with van der Waals surface area (Å²) in [6.07, 6.45) is 7.61. The number of hydrogen-bond donors (Lipinski definition) is 0. The molecule has 21 heavy (non-hydrogen) atoms. The molecule has 5 heteroatoms. The Labute approximate surface area is 133 Å². The molecule has 1 aromatic heterocycles. The molecule has 1 aliphatic rings. The van der Waals surface area contributed by atoms with E-state index in [1.807, 2.05) is 13.8 Å². The van der Waals surface area contributed by atoms with E-state index in [9.17, 15) is 9.59 Å². The highest BCUT2D eigenvalue weighted by Crippen LogP contribution is 2.23. The SMILES string of the molecule is CCC(C(=O)OC1CCCCC1)n1cc(C)cc(Br)c1=O. The van der Waals surface area contributed by atoms with Gasteiger partial charge >= 0.3 is 5.97 Å². The van der Waals surface area contributed by atoms with Gasteiger partial charge in [-0.25, -0.2) is 4.79 Å². The minimum atomic E-state index is -0.546. The molecule has 1 fully saturated rings. The number of rotatable bonds is 4. The lowest BCUT2D eigenvalue weighted by Gasteiger charge is -2.25. The quantitative estimate of drug-likeness (QED) is 0.772. The van der Waals surface area contributed by atoms with Crippen molar-refractivity contribution >= 4 is 21.9 Å². The van der Waals surface area contributed by atoms with Crippen LogP contribution in [0.4, 0.5) is 0 Å². The molecular formula is C16H22BrNO3. The summed E-state index contributed by atoms with van der Waals surface area (Å²) in [6, 6.07) is 1.22. The molecule has 1 atom stereocenters. The van der Waals surface area contributed by atoms with Gasteiger partial charge in [0.05, 0.1) is 4.47 Å². The zero-order valence-electron chi connectivity index (χ0n) is 12.6. The van der Waals surface area contributed by atoms with Crippen LogP contribution in [-0.2, 0) is 9.53 Å². The Morgan fingerprint density at radius 1 is 1.43 bits per heavy atom. The Balaban J connectivity index is 2.18. The van der Waals surface area contributed by atoms with Crippen molar-refractivity contribution in [1.29, 1.82) is 0 Å². The van der Waals surface area contributed by atoms with Crippen molar-refractivity contribution in [3.8, 4) is 0 Å². The normalized spacial score (nSPS) is 17.5. The molecule has 4 nitrogen and oxygen atoms in total. The van der Waals surface area contributed by atoms with Crippen LogP contribution in [0.25, 0.3) is 0 Å². The van der Waals surface area contributed by atoms with Crippen molar-refractivity contribution < 1.29 is 9.53 Å². The largest absolute Gasteiger partial charge is 0.461 e. The first-order chi connectivity index (χ1) is 10.0. The zero-order valence-corrected chi connectivity index (χ0v) is 14.2. The monoisotopic (exact) mass is 355 g/mol. The van der Waals surface area contributed by atoms with E-state index in [1.165, 1.54) is 11.0 Å². The second kappa shape index (κ2) is 7.25. The van der Waals surface area contributed by atoms with E-state index in [1.54, 1.807) is 12.3 Å². The number of carbonyl (C=O) groups excluding carboxylic acids is 1. The smallest absolute Gasteiger partial charge is 0.329 e. The highest BCUT2D eigenvalue weighted by atomic mass is 79.9. The van der Waals surface area contributed by atoms with E-state index >= 15 is 0 Å². The Kier molecular flexibility index (Phi) is 5.62. The predicted molar refractivity (Wildman–Crippen MR) is 85.4 cm³/mol. The summed E-state index contributed by atoms with van der Waals surface area (Å²) in [6.45, 7) is 3.80. The number of hydrogen-bond acceptors (Lipinski definition) is 3. The van der Waals surface area contributed by atoms with Crippen LogP contribution in [-0.4, -0.2) is 16.6 Å². The van der Waals surface area contributed by atoms with Crippen molar-refractivity contribution in [1.82, 2.24) is 4.57 Å². The Morgan fingerprint density at radius 3 is 2.71 bits per heavy atom. The van der Waals surface area contributed by atoms with Crippen LogP contribution in [0.5, 0.6) is 0 Å². The minimum absolute atomic E-state index is 0.0178. The molecule has 0 amide bonds. The molecule has 116 valence electrons. The second-order valence-corrected chi connectivity index (χ2v) is 6.55. The fraction of sp³-hybridized carbons (Fsp3) is 0.625. The van der Waals surface area contributed by atoms with Gasteiger partial charge in [0.25, 0.3) is 5.56 Å². The summed E-state index contributed by atoms with van der Waals surface area (Å²) in [4.78, 5) is 24.6. The molecule has 0 bridgehead atoms. The number of pyridine rings is 1. The third-order valence-electron chi connectivity index (χ3n) is 3.97. The topological polar surface area (TPSA) is 48.3 Å². The Morgan fingerprint density at radius 2 is 2.10 bits per heavy atom. The summed E-state index contributed by atoms with van der Waals surface area (Å²) in [5.74, 6) is -0.288. The van der Waals surface area contributed by atoms with Crippen LogP contribution in [0.1, 0.15) is 57.1 Å². The molecule has 1 unspecified atom stereocenters. The predicted octanol–water partition coefficient (Wildman–Crippen LogP) is 3.75. The van der Waals surface area contributed by atoms with Crippen LogP contribution in [0, 0.1) is 6.92 Å². The number of halogens is 1. The van der Waals surface area contributed by atoms with Crippen LogP contribution < -0.4 is 5.56 Å². The van der Waals surface area contributed by atoms with E-state index in [-0.39, 0.29) is 17.6 Å². The average Bonchev–Trinajstić information content (AvgIpc) is 2.45. The maximum atomic E-state index is 12.4. The first kappa shape index (κ1) is 16.3. The van der Waals surface area contributed by atoms with Gasteiger partial charge in [0.1, 0.15) is 12.1 Å². The van der Waals surface area contributed by atoms with E-state index in [2.05, 4.69) is 15.9 Å². The number of nitrogens with zero attached hydrogens (tertiary/aromatic N) is 1. The lowest BCUT2D eigenvalue weighted by atomic mass is 9.98. The maximum Gasteiger partial charge on any atom is 0.329 e. The Hall–Kier alpha value is -1.10. The molecule has 0 radical (unpaired) electrons. The molecule has 1 aromatic rings. The molecule has 0 N–H and O–H groups in total. The van der Waals surface area contributed by atoms with Gasteiger partial charge in [-0.3, -0.25) is 4.79 Å². The summed E-state index contributed by atoms with van der Waals surface area (Å²) in [5.41, 5.74) is 0.749. The summed E-state index contributed by atoms with van der Waals surface area (Å²) in [5, 5.41) is 0. The van der Waals surface area contributed by atoms with E-state index < -0.39 is 6.04 Å². The number of aromatic nitrogens is 1. The van der Waals surface area contributed by atoms with Gasteiger partial charge in [-0.2, -0.15) is 0 Å². The van der Waals surface area contributed by atoms with Crippen LogP contribution >= 0.6 is 15.9 Å². The van der Waals surface area contributed by atoms with Crippen molar-refractivity contribution in [2.24, 2.45) is 0 Å². The van der Waals surface area contributed by atoms with Crippen molar-refractivity contribution in [3.63, 3.8) is 0 Å². The molecular weight excluding hydrogens is 334 g/mol. The lowest BCUT2D eigenvalue weighted by molar-refractivity contribution is -0.154. The minimum Gasteiger partial charge on any atom is -0.461 e. The summed E-state index contributed by atoms with van der Waals surface area (Å²) < 4.78 is 7.59. The number of carbonyl (C=O) groups is 1. The standard InChI is InChI=1S/C16H22BrNO3/c1-3-14(16(20)21-12-7-5-4-6-8-12)18-10-11(2)9-13(17)15(18)19/h9-10,12,14H,3-8H2,1-2H3. The van der Waals surface area contributed by atoms with E-state index in [0.29, 0.717) is 10.9 Å². The van der Waals surface area contributed by atoms with Crippen molar-refractivity contribution in [3.05, 3.63) is 32.7 Å². The molecule has 0 spiro atoms. The fourth-order valence-electron chi connectivity index (χ4n) is 2.83. The van der Waals surface area contributed by atoms with Gasteiger partial charge in [-0.1, -0.05) is 13.3 Å². The van der Waals surface area contributed by atoms with Crippen LogP contribution in [0.15, 0.2) is 21.5 Å². The van der Waals surface area contributed by atoms with E-state index in [0.717, 1.165) is 31.2 Å². The number of aryl methyl sites for hydroxylation is 1. The van der Waals surface area contributed by atoms with Gasteiger partial charge in [-0.05, 0) is 66.6 Å². The van der Waals surface area contributed by atoms with Crippen LogP contribution in [0.2, 0.25) is 0 Å². The molecule has 0 aliphatic heterocycles. The zero-order chi connectivity index (χ0) is 15.4. The average molecular weight is 356 g/mol. The third kappa shape index (κ3) is 3.96. The lowest BCUT2D eigenvalue weighted by Crippen LogP contribution is -2.33. The molecule has 1 heterocycles. The van der Waals surface area contributed by atoms with E-state index in [4.69, 9.17) is 4.74 Å². The van der Waals surface area contributed by atoms with Crippen molar-refractivity contribution in [2.45, 2.75) is 64.5 Å². The first-order valence-corrected chi connectivity index (χ1v) is 8.41. The van der Waals surface area contributed by atoms with Gasteiger partial charge in [0.2, 0.25) is 0 Å². The van der Waals surface area contributed by atoms with Crippen molar-refractivity contribution in [2.75, 3.05) is 0 Å². The van der Waals surface area contributed by atoms with Gasteiger partial charge in [0.15, 0.2) is 0 Å². The summed E-state index contributed by atoms with van der Waals surface area (Å²) in [7, 11) is 0. The Bertz CT molecular complexity index is 561. The maximum absolute atomic E-state index is 12.4. The fourth-order valence-corrected chi connectivity index (χ4v) is 3.40. The third-order valence-corrected chi connectivity index (χ3v) is 4.53. The second-order valence-electron chi connectivity index (χ2n) is 5.70. The number of ether oxygens (including phenoxy) is 1. The van der Waals surface area contributed by atoms with Gasteiger partial charge in [-0.15, -0.1) is 0 Å². The molecule has 1 saturated carbocycles. The van der Waals surface area contributed by atoms with Crippen LogP contribution in [0.3, 0.4) is 0 Å². The highest BCUT2D eigenvalue weighted by Gasteiger charge is 2.26. The number of esters is 1. The molecule has 2 rings (SSSR count). The molecule has 1 aliphatic carbocycles. The van der Waals surface area contributed by atoms with Gasteiger partial charge in [0, 0.05) is 6.20 Å². The van der Waals surface area contributed by atoms with Gasteiger partial charge < -0.3 is 9.30 Å². The summed E-state index contributed by atoms with van der Waals surface area (Å²) >= 11 is 3.26. The molecule has 0 aromatic carbocycles. The highest BCUT2D eigenvalue weighted by molar-refractivity contribution is 9.10. The molecule has 0 saturated heterocycles. The first-order valence-electron chi connectivity index (χ1n) is 7.61.